The number of carbonyl (C=O) groups excluding carboxylic acids is 1. The fraction of sp³-hybridized carbons (Fsp3) is 0.381. The Morgan fingerprint density at radius 1 is 0.968 bits per heavy atom. The summed E-state index contributed by atoms with van der Waals surface area (Å²) >= 11 is 0. The third-order valence-corrected chi connectivity index (χ3v) is 6.90. The lowest BCUT2D eigenvalue weighted by atomic mass is 10.1. The second-order valence-corrected chi connectivity index (χ2v) is 8.75. The predicted molar refractivity (Wildman–Crippen MR) is 113 cm³/mol. The van der Waals surface area contributed by atoms with Crippen LogP contribution >= 0.6 is 0 Å². The highest BCUT2D eigenvalue weighted by Crippen LogP contribution is 2.29. The molecule has 0 atom stereocenters. The van der Waals surface area contributed by atoms with E-state index in [0.29, 0.717) is 22.8 Å². The summed E-state index contributed by atoms with van der Waals surface area (Å²) in [6.45, 7) is 0.857. The zero-order valence-electron chi connectivity index (χ0n) is 17.5. The van der Waals surface area contributed by atoms with Crippen LogP contribution in [0.25, 0.3) is 0 Å². The van der Waals surface area contributed by atoms with E-state index >= 15 is 0 Å². The summed E-state index contributed by atoms with van der Waals surface area (Å²) in [5.41, 5.74) is 0.403. The average molecular weight is 451 g/mol. The zero-order chi connectivity index (χ0) is 22.4. The largest absolute Gasteiger partial charge is 0.497 e. The number of benzene rings is 2. The number of hydrogen-bond acceptors (Lipinski definition) is 7. The number of piperazine rings is 1. The van der Waals surface area contributed by atoms with Gasteiger partial charge in [-0.1, -0.05) is 0 Å². The van der Waals surface area contributed by atoms with Gasteiger partial charge in [0.2, 0.25) is 10.0 Å². The molecule has 3 rings (SSSR count). The molecule has 0 saturated carbocycles. The molecular formula is C21H26N2O7S. The molecule has 0 spiro atoms. The van der Waals surface area contributed by atoms with Crippen molar-refractivity contribution in [1.82, 2.24) is 9.21 Å². The van der Waals surface area contributed by atoms with Crippen LogP contribution in [0.1, 0.15) is 10.4 Å². The maximum absolute atomic E-state index is 12.9. The monoisotopic (exact) mass is 450 g/mol. The number of sulfonamides is 1. The van der Waals surface area contributed by atoms with E-state index in [1.807, 2.05) is 0 Å². The molecule has 1 N–H and O–H groups in total. The lowest BCUT2D eigenvalue weighted by molar-refractivity contribution is 0.0697. The van der Waals surface area contributed by atoms with Crippen molar-refractivity contribution in [2.45, 2.75) is 4.90 Å². The van der Waals surface area contributed by atoms with Gasteiger partial charge in [0.1, 0.15) is 12.4 Å². The molecule has 0 aromatic heterocycles. The second kappa shape index (κ2) is 9.99. The van der Waals surface area contributed by atoms with Gasteiger partial charge in [0.15, 0.2) is 11.5 Å². The van der Waals surface area contributed by atoms with Gasteiger partial charge in [-0.25, -0.2) is 8.42 Å². The highest BCUT2D eigenvalue weighted by molar-refractivity contribution is 7.89. The van der Waals surface area contributed by atoms with Crippen LogP contribution in [0.4, 0.5) is 0 Å². The minimum atomic E-state index is -3.65. The fourth-order valence-electron chi connectivity index (χ4n) is 3.29. The summed E-state index contributed by atoms with van der Waals surface area (Å²) in [4.78, 5) is 14.7. The van der Waals surface area contributed by atoms with Crippen molar-refractivity contribution in [3.05, 3.63) is 48.0 Å². The quantitative estimate of drug-likeness (QED) is 0.645. The highest BCUT2D eigenvalue weighted by Gasteiger charge is 2.30. The zero-order valence-corrected chi connectivity index (χ0v) is 18.3. The molecule has 1 amide bonds. The molecule has 1 fully saturated rings. The number of aliphatic hydroxyl groups is 1. The van der Waals surface area contributed by atoms with Crippen molar-refractivity contribution in [2.24, 2.45) is 0 Å². The normalized spacial score (nSPS) is 14.9. The van der Waals surface area contributed by atoms with Crippen molar-refractivity contribution in [3.8, 4) is 17.2 Å². The summed E-state index contributed by atoms with van der Waals surface area (Å²) in [7, 11) is -0.638. The van der Waals surface area contributed by atoms with Crippen molar-refractivity contribution in [1.29, 1.82) is 0 Å². The maximum Gasteiger partial charge on any atom is 0.254 e. The smallest absolute Gasteiger partial charge is 0.254 e. The van der Waals surface area contributed by atoms with E-state index in [4.69, 9.17) is 19.3 Å². The minimum Gasteiger partial charge on any atom is -0.497 e. The van der Waals surface area contributed by atoms with Gasteiger partial charge in [-0.2, -0.15) is 4.31 Å². The fourth-order valence-corrected chi connectivity index (χ4v) is 4.71. The molecule has 0 unspecified atom stereocenters. The van der Waals surface area contributed by atoms with Gasteiger partial charge in [0, 0.05) is 31.7 Å². The van der Waals surface area contributed by atoms with Crippen molar-refractivity contribution in [3.63, 3.8) is 0 Å². The van der Waals surface area contributed by atoms with Gasteiger partial charge < -0.3 is 24.2 Å². The molecule has 31 heavy (non-hydrogen) atoms. The van der Waals surface area contributed by atoms with Crippen LogP contribution in [0.2, 0.25) is 0 Å². The van der Waals surface area contributed by atoms with E-state index < -0.39 is 10.0 Å². The molecule has 2 aromatic carbocycles. The van der Waals surface area contributed by atoms with E-state index in [9.17, 15) is 13.2 Å². The molecule has 0 bridgehead atoms. The van der Waals surface area contributed by atoms with Gasteiger partial charge in [0.05, 0.1) is 25.7 Å². The molecule has 0 aliphatic carbocycles. The minimum absolute atomic E-state index is 0.0793. The highest BCUT2D eigenvalue weighted by atomic mass is 32.2. The molecule has 1 aliphatic heterocycles. The lowest BCUT2D eigenvalue weighted by Gasteiger charge is -2.34. The van der Waals surface area contributed by atoms with E-state index in [0.717, 1.165) is 0 Å². The van der Waals surface area contributed by atoms with Crippen molar-refractivity contribution < 1.29 is 32.5 Å². The third kappa shape index (κ3) is 5.09. The van der Waals surface area contributed by atoms with Crippen LogP contribution in [0.15, 0.2) is 47.4 Å². The van der Waals surface area contributed by atoms with E-state index in [1.54, 1.807) is 35.2 Å². The van der Waals surface area contributed by atoms with Crippen molar-refractivity contribution in [2.75, 3.05) is 53.6 Å². The van der Waals surface area contributed by atoms with E-state index in [2.05, 4.69) is 0 Å². The Kier molecular flexibility index (Phi) is 7.37. The first kappa shape index (κ1) is 22.9. The molecule has 1 heterocycles. The summed E-state index contributed by atoms with van der Waals surface area (Å²) < 4.78 is 42.9. The average Bonchev–Trinajstić information content (AvgIpc) is 2.82. The molecule has 2 aromatic rings. The standard InChI is InChI=1S/C21H26N2O7S/c1-28-17-4-6-18(7-5-17)31(26,27)23-11-9-22(10-12-23)21(25)16-3-8-19(29-2)20(15-16)30-14-13-24/h3-8,15,24H,9-14H2,1-2H3. The van der Waals surface area contributed by atoms with Crippen LogP contribution < -0.4 is 14.2 Å². The Morgan fingerprint density at radius 3 is 2.23 bits per heavy atom. The Balaban J connectivity index is 1.68. The number of carbonyl (C=O) groups is 1. The topological polar surface area (TPSA) is 106 Å². The lowest BCUT2D eigenvalue weighted by Crippen LogP contribution is -2.50. The number of aliphatic hydroxyl groups excluding tert-OH is 1. The molecule has 9 nitrogen and oxygen atoms in total. The molecular weight excluding hydrogens is 424 g/mol. The Morgan fingerprint density at radius 2 is 1.65 bits per heavy atom. The van der Waals surface area contributed by atoms with Gasteiger partial charge in [-0.15, -0.1) is 0 Å². The van der Waals surface area contributed by atoms with Gasteiger partial charge in [-0.3, -0.25) is 4.79 Å². The third-order valence-electron chi connectivity index (χ3n) is 4.98. The summed E-state index contributed by atoms with van der Waals surface area (Å²) in [5, 5.41) is 8.97. The van der Waals surface area contributed by atoms with Gasteiger partial charge in [0.25, 0.3) is 5.91 Å². The molecule has 1 saturated heterocycles. The predicted octanol–water partition coefficient (Wildman–Crippen LogP) is 1.22. The first-order valence-corrected chi connectivity index (χ1v) is 11.2. The number of amides is 1. The summed E-state index contributed by atoms with van der Waals surface area (Å²) in [5.74, 6) is 1.18. The molecule has 168 valence electrons. The van der Waals surface area contributed by atoms with Gasteiger partial charge >= 0.3 is 0 Å². The van der Waals surface area contributed by atoms with Crippen LogP contribution in [0, 0.1) is 0 Å². The van der Waals surface area contributed by atoms with E-state index in [-0.39, 0.29) is 50.2 Å². The number of nitrogens with zero attached hydrogens (tertiary/aromatic N) is 2. The number of hydrogen-bond donors (Lipinski definition) is 1. The van der Waals surface area contributed by atoms with E-state index in [1.165, 1.54) is 30.7 Å². The SMILES string of the molecule is COc1ccc(S(=O)(=O)N2CCN(C(=O)c3ccc(OC)c(OCCO)c3)CC2)cc1. The molecule has 0 radical (unpaired) electrons. The molecule has 10 heteroatoms. The summed E-state index contributed by atoms with van der Waals surface area (Å²) in [6.07, 6.45) is 0. The Labute approximate surface area is 181 Å². The Hall–Kier alpha value is -2.82. The van der Waals surface area contributed by atoms with Crippen LogP contribution in [0.5, 0.6) is 17.2 Å². The number of rotatable bonds is 8. The van der Waals surface area contributed by atoms with Crippen LogP contribution in [-0.2, 0) is 10.0 Å². The first-order valence-electron chi connectivity index (χ1n) is 9.76. The number of methoxy groups -OCH3 is 2. The molecule has 1 aliphatic rings. The maximum atomic E-state index is 12.9. The van der Waals surface area contributed by atoms with Crippen LogP contribution in [-0.4, -0.2) is 82.2 Å². The Bertz CT molecular complexity index is 1000. The van der Waals surface area contributed by atoms with Crippen LogP contribution in [0.3, 0.4) is 0 Å². The summed E-state index contributed by atoms with van der Waals surface area (Å²) in [6, 6.07) is 11.1. The number of ether oxygens (including phenoxy) is 3. The van der Waals surface area contributed by atoms with Gasteiger partial charge in [-0.05, 0) is 42.5 Å². The second-order valence-electron chi connectivity index (χ2n) is 6.81. The first-order chi connectivity index (χ1) is 14.9. The van der Waals surface area contributed by atoms with Crippen molar-refractivity contribution >= 4 is 15.9 Å².